The first-order valence-corrected chi connectivity index (χ1v) is 3.79. The van der Waals surface area contributed by atoms with Gasteiger partial charge in [-0.3, -0.25) is 4.99 Å². The highest BCUT2D eigenvalue weighted by Gasteiger charge is 1.95. The molecule has 0 unspecified atom stereocenters. The van der Waals surface area contributed by atoms with Gasteiger partial charge in [0.05, 0.1) is 0 Å². The molecule has 0 amide bonds. The molecular weight excluding hydrogens is 148 g/mol. The van der Waals surface area contributed by atoms with Crippen molar-refractivity contribution >= 4 is 16.9 Å². The lowest BCUT2D eigenvalue weighted by Gasteiger charge is -2.08. The van der Waals surface area contributed by atoms with E-state index in [1.54, 1.807) is 4.90 Å². The maximum Gasteiger partial charge on any atom is 0.193 e. The summed E-state index contributed by atoms with van der Waals surface area (Å²) in [6, 6.07) is 0. The van der Waals surface area contributed by atoms with Crippen molar-refractivity contribution in [3.63, 3.8) is 0 Å². The van der Waals surface area contributed by atoms with Gasteiger partial charge < -0.3 is 4.90 Å². The smallest absolute Gasteiger partial charge is 0.193 e. The second-order valence-electron chi connectivity index (χ2n) is 2.90. The summed E-state index contributed by atoms with van der Waals surface area (Å²) in [6.45, 7) is 5.03. The summed E-state index contributed by atoms with van der Waals surface area (Å²) in [4.78, 5) is 5.93. The van der Waals surface area contributed by atoms with Crippen LogP contribution in [-0.2, 0) is 0 Å². The molecule has 0 aliphatic rings. The van der Waals surface area contributed by atoms with Crippen LogP contribution in [-0.4, -0.2) is 30.8 Å². The van der Waals surface area contributed by atoms with Gasteiger partial charge in [-0.15, -0.1) is 0 Å². The zero-order valence-corrected chi connectivity index (χ0v) is 7.81. The van der Waals surface area contributed by atoms with Gasteiger partial charge in [-0.1, -0.05) is 13.8 Å². The lowest BCUT2D eigenvalue weighted by Crippen LogP contribution is -2.17. The van der Waals surface area contributed by atoms with Crippen molar-refractivity contribution in [1.29, 1.82) is 0 Å². The van der Waals surface area contributed by atoms with E-state index in [9.17, 15) is 0 Å². The molecule has 3 heteroatoms. The van der Waals surface area contributed by atoms with Crippen molar-refractivity contribution in [1.82, 2.24) is 4.90 Å². The first kappa shape index (κ1) is 9.76. The van der Waals surface area contributed by atoms with Crippen LogP contribution < -0.4 is 0 Å². The predicted molar refractivity (Wildman–Crippen MR) is 46.7 cm³/mol. The summed E-state index contributed by atoms with van der Waals surface area (Å²) in [5.41, 5.74) is 0. The molecule has 0 spiro atoms. The SMILES string of the molecule is CC(C)CN=C(Cl)N(C)C. The average Bonchev–Trinajstić information content (AvgIpc) is 1.82. The molecule has 0 saturated carbocycles. The highest BCUT2D eigenvalue weighted by Crippen LogP contribution is 1.96. The normalized spacial score (nSPS) is 12.4. The van der Waals surface area contributed by atoms with Gasteiger partial charge in [0.1, 0.15) is 0 Å². The van der Waals surface area contributed by atoms with Crippen LogP contribution in [0.25, 0.3) is 0 Å². The van der Waals surface area contributed by atoms with Crippen molar-refractivity contribution in [3.8, 4) is 0 Å². The second kappa shape index (κ2) is 4.56. The highest BCUT2D eigenvalue weighted by atomic mass is 35.5. The Kier molecular flexibility index (Phi) is 4.45. The van der Waals surface area contributed by atoms with Gasteiger partial charge in [-0.05, 0) is 17.5 Å². The lowest BCUT2D eigenvalue weighted by molar-refractivity contribution is 0.612. The van der Waals surface area contributed by atoms with Gasteiger partial charge in [0.25, 0.3) is 0 Å². The Morgan fingerprint density at radius 3 is 2.30 bits per heavy atom. The zero-order valence-electron chi connectivity index (χ0n) is 7.06. The monoisotopic (exact) mass is 162 g/mol. The second-order valence-corrected chi connectivity index (χ2v) is 3.24. The van der Waals surface area contributed by atoms with E-state index < -0.39 is 0 Å². The van der Waals surface area contributed by atoms with Crippen LogP contribution in [0.4, 0.5) is 0 Å². The van der Waals surface area contributed by atoms with Crippen LogP contribution in [0.15, 0.2) is 4.99 Å². The number of aliphatic imine (C=N–C) groups is 1. The Balaban J connectivity index is 3.69. The average molecular weight is 163 g/mol. The number of hydrogen-bond acceptors (Lipinski definition) is 1. The minimum absolute atomic E-state index is 0.577. The first-order valence-electron chi connectivity index (χ1n) is 3.41. The standard InChI is InChI=1S/C7H15ClN2/c1-6(2)5-9-7(8)10(3)4/h6H,5H2,1-4H3. The summed E-state index contributed by atoms with van der Waals surface area (Å²) in [6.07, 6.45) is 0. The third-order valence-corrected chi connectivity index (χ3v) is 1.41. The van der Waals surface area contributed by atoms with E-state index in [0.29, 0.717) is 11.2 Å². The molecule has 10 heavy (non-hydrogen) atoms. The van der Waals surface area contributed by atoms with Gasteiger partial charge in [0.2, 0.25) is 0 Å². The van der Waals surface area contributed by atoms with Crippen molar-refractivity contribution < 1.29 is 0 Å². The van der Waals surface area contributed by atoms with E-state index in [1.807, 2.05) is 14.1 Å². The molecule has 0 heterocycles. The van der Waals surface area contributed by atoms with Crippen LogP contribution in [0.2, 0.25) is 0 Å². The molecular formula is C7H15ClN2. The fraction of sp³-hybridized carbons (Fsp3) is 0.857. The maximum atomic E-state index is 5.74. The Morgan fingerprint density at radius 1 is 1.50 bits per heavy atom. The molecule has 2 nitrogen and oxygen atoms in total. The molecule has 0 atom stereocenters. The van der Waals surface area contributed by atoms with Crippen molar-refractivity contribution in [2.45, 2.75) is 13.8 Å². The molecule has 0 saturated heterocycles. The van der Waals surface area contributed by atoms with Crippen molar-refractivity contribution in [3.05, 3.63) is 0 Å². The molecule has 0 aliphatic carbocycles. The van der Waals surface area contributed by atoms with E-state index in [4.69, 9.17) is 11.6 Å². The number of rotatable bonds is 2. The van der Waals surface area contributed by atoms with Crippen LogP contribution in [0.5, 0.6) is 0 Å². The summed E-state index contributed by atoms with van der Waals surface area (Å²) in [7, 11) is 3.76. The van der Waals surface area contributed by atoms with E-state index in [-0.39, 0.29) is 0 Å². The van der Waals surface area contributed by atoms with E-state index in [0.717, 1.165) is 6.54 Å². The number of amidine groups is 1. The van der Waals surface area contributed by atoms with Crippen molar-refractivity contribution in [2.75, 3.05) is 20.6 Å². The van der Waals surface area contributed by atoms with Crippen LogP contribution in [0.3, 0.4) is 0 Å². The molecule has 0 rings (SSSR count). The Hall–Kier alpha value is -0.240. The van der Waals surface area contributed by atoms with E-state index in [1.165, 1.54) is 0 Å². The molecule has 0 N–H and O–H groups in total. The fourth-order valence-corrected chi connectivity index (χ4v) is 0.468. The molecule has 0 aromatic carbocycles. The first-order chi connectivity index (χ1) is 4.54. The highest BCUT2D eigenvalue weighted by molar-refractivity contribution is 6.64. The van der Waals surface area contributed by atoms with Crippen LogP contribution in [0, 0.1) is 5.92 Å². The zero-order chi connectivity index (χ0) is 8.15. The quantitative estimate of drug-likeness (QED) is 0.344. The van der Waals surface area contributed by atoms with Crippen LogP contribution >= 0.6 is 11.6 Å². The number of halogens is 1. The third kappa shape index (κ3) is 4.62. The number of nitrogens with zero attached hydrogens (tertiary/aromatic N) is 2. The molecule has 60 valence electrons. The summed E-state index contributed by atoms with van der Waals surface area (Å²) < 4.78 is 0. The maximum absolute atomic E-state index is 5.74. The van der Waals surface area contributed by atoms with Gasteiger partial charge in [0, 0.05) is 20.6 Å². The van der Waals surface area contributed by atoms with E-state index >= 15 is 0 Å². The molecule has 0 aliphatic heterocycles. The Labute approximate surface area is 67.9 Å². The molecule has 0 fully saturated rings. The fourth-order valence-electron chi connectivity index (χ4n) is 0.399. The van der Waals surface area contributed by atoms with Crippen LogP contribution in [0.1, 0.15) is 13.8 Å². The molecule has 0 aromatic rings. The van der Waals surface area contributed by atoms with Gasteiger partial charge in [0.15, 0.2) is 5.29 Å². The van der Waals surface area contributed by atoms with Gasteiger partial charge in [-0.25, -0.2) is 0 Å². The molecule has 0 bridgehead atoms. The van der Waals surface area contributed by atoms with E-state index in [2.05, 4.69) is 18.8 Å². The van der Waals surface area contributed by atoms with Crippen molar-refractivity contribution in [2.24, 2.45) is 10.9 Å². The topological polar surface area (TPSA) is 15.6 Å². The Bertz CT molecular complexity index is 119. The summed E-state index contributed by atoms with van der Waals surface area (Å²) in [5, 5.41) is 0.578. The minimum Gasteiger partial charge on any atom is -0.353 e. The largest absolute Gasteiger partial charge is 0.353 e. The minimum atomic E-state index is 0.577. The van der Waals surface area contributed by atoms with Gasteiger partial charge in [-0.2, -0.15) is 0 Å². The predicted octanol–water partition coefficient (Wildman–Crippen LogP) is 1.80. The number of hydrogen-bond donors (Lipinski definition) is 0. The molecule has 0 radical (unpaired) electrons. The van der Waals surface area contributed by atoms with Gasteiger partial charge >= 0.3 is 0 Å². The summed E-state index contributed by atoms with van der Waals surface area (Å²) in [5.74, 6) is 0.577. The lowest BCUT2D eigenvalue weighted by atomic mass is 10.2. The Morgan fingerprint density at radius 2 is 2.00 bits per heavy atom. The summed E-state index contributed by atoms with van der Waals surface area (Å²) >= 11 is 5.74. The third-order valence-electron chi connectivity index (χ3n) is 0.956. The molecule has 0 aromatic heterocycles.